The molecular weight excluding hydrogens is 316 g/mol. The van der Waals surface area contributed by atoms with Gasteiger partial charge in [0, 0.05) is 18.6 Å². The minimum atomic E-state index is -4.64. The van der Waals surface area contributed by atoms with Gasteiger partial charge in [0.1, 0.15) is 0 Å². The Morgan fingerprint density at radius 1 is 1.05 bits per heavy atom. The van der Waals surface area contributed by atoms with Crippen LogP contribution in [0.25, 0.3) is 0 Å². The fourth-order valence-electron chi connectivity index (χ4n) is 1.38. The maximum Gasteiger partial charge on any atom is 0.466 e. The predicted octanol–water partition coefficient (Wildman–Crippen LogP) is 0.402. The second kappa shape index (κ2) is 9.52. The van der Waals surface area contributed by atoms with Crippen molar-refractivity contribution in [2.24, 2.45) is 0 Å². The molecule has 0 heterocycles. The van der Waals surface area contributed by atoms with Crippen molar-refractivity contribution >= 4 is 26.3 Å². The quantitative estimate of drug-likeness (QED) is 0.436. The molecule has 11 heteroatoms. The zero-order valence-corrected chi connectivity index (χ0v) is 14.0. The highest BCUT2D eigenvalue weighted by Crippen LogP contribution is 2.35. The minimum Gasteiger partial charge on any atom is -0.325 e. The normalized spacial score (nSPS) is 12.8. The molecule has 8 nitrogen and oxygen atoms in total. The van der Waals surface area contributed by atoms with E-state index in [4.69, 9.17) is 33.6 Å². The summed E-state index contributed by atoms with van der Waals surface area (Å²) in [5.41, 5.74) is 0. The van der Waals surface area contributed by atoms with E-state index in [0.717, 1.165) is 0 Å². The SMILES string of the molecule is CC(C)N(CCOP(O)(O)=S)C(C)C.O=P(O)(O)O. The van der Waals surface area contributed by atoms with E-state index in [0.29, 0.717) is 18.6 Å². The molecule has 0 rings (SSSR count). The zero-order valence-electron chi connectivity index (χ0n) is 11.4. The zero-order chi connectivity index (χ0) is 15.9. The van der Waals surface area contributed by atoms with Crippen LogP contribution in [0.1, 0.15) is 27.7 Å². The molecule has 0 bridgehead atoms. The van der Waals surface area contributed by atoms with Gasteiger partial charge in [-0.25, -0.2) is 4.57 Å². The molecule has 0 atom stereocenters. The largest absolute Gasteiger partial charge is 0.466 e. The highest BCUT2D eigenvalue weighted by Gasteiger charge is 2.14. The first-order valence-corrected chi connectivity index (χ1v) is 9.67. The summed E-state index contributed by atoms with van der Waals surface area (Å²) in [5, 5.41) is 0. The lowest BCUT2D eigenvalue weighted by Crippen LogP contribution is -2.39. The first-order valence-electron chi connectivity index (χ1n) is 5.48. The van der Waals surface area contributed by atoms with Gasteiger partial charge < -0.3 is 29.0 Å². The summed E-state index contributed by atoms with van der Waals surface area (Å²) in [6, 6.07) is 0.822. The lowest BCUT2D eigenvalue weighted by Gasteiger charge is -2.30. The number of hydrogen-bond donors (Lipinski definition) is 5. The van der Waals surface area contributed by atoms with Gasteiger partial charge in [-0.05, 0) is 39.5 Å². The topological polar surface area (TPSA) is 131 Å². The summed E-state index contributed by atoms with van der Waals surface area (Å²) in [7, 11) is -4.64. The lowest BCUT2D eigenvalue weighted by atomic mass is 10.2. The van der Waals surface area contributed by atoms with Crippen molar-refractivity contribution in [3.63, 3.8) is 0 Å². The van der Waals surface area contributed by atoms with Gasteiger partial charge in [-0.2, -0.15) is 0 Å². The maximum atomic E-state index is 8.88. The summed E-state index contributed by atoms with van der Waals surface area (Å²) in [6.45, 7) is 5.82. The second-order valence-electron chi connectivity index (χ2n) is 4.26. The van der Waals surface area contributed by atoms with E-state index in [-0.39, 0.29) is 6.61 Å². The third-order valence-corrected chi connectivity index (χ3v) is 2.77. The first kappa shape index (κ1) is 21.9. The van der Waals surface area contributed by atoms with Crippen molar-refractivity contribution in [2.75, 3.05) is 13.2 Å². The molecule has 0 saturated carbocycles. The Morgan fingerprint density at radius 3 is 1.58 bits per heavy atom. The Morgan fingerprint density at radius 2 is 1.37 bits per heavy atom. The van der Waals surface area contributed by atoms with Crippen molar-refractivity contribution in [3.8, 4) is 0 Å². The van der Waals surface area contributed by atoms with E-state index in [1.54, 1.807) is 0 Å². The maximum absolute atomic E-state index is 8.88. The Balaban J connectivity index is 0. The van der Waals surface area contributed by atoms with E-state index >= 15 is 0 Å². The van der Waals surface area contributed by atoms with Crippen molar-refractivity contribution in [1.29, 1.82) is 0 Å². The Kier molecular flexibility index (Phi) is 11.0. The summed E-state index contributed by atoms with van der Waals surface area (Å²) in [5.74, 6) is 0. The van der Waals surface area contributed by atoms with Crippen molar-refractivity contribution in [3.05, 3.63) is 0 Å². The van der Waals surface area contributed by atoms with E-state index in [2.05, 4.69) is 44.4 Å². The summed E-state index contributed by atoms with van der Waals surface area (Å²) in [4.78, 5) is 41.5. The van der Waals surface area contributed by atoms with Crippen molar-refractivity contribution < 1.29 is 33.6 Å². The third kappa shape index (κ3) is 21.1. The molecule has 0 fully saturated rings. The fourth-order valence-corrected chi connectivity index (χ4v) is 1.92. The van der Waals surface area contributed by atoms with Gasteiger partial charge in [-0.1, -0.05) is 0 Å². The van der Waals surface area contributed by atoms with Gasteiger partial charge in [-0.3, -0.25) is 4.90 Å². The highest BCUT2D eigenvalue weighted by molar-refractivity contribution is 8.06. The molecule has 0 aliphatic rings. The van der Waals surface area contributed by atoms with Gasteiger partial charge in [0.15, 0.2) is 0 Å². The predicted molar refractivity (Wildman–Crippen MR) is 75.9 cm³/mol. The lowest BCUT2D eigenvalue weighted by molar-refractivity contribution is 0.134. The number of rotatable bonds is 6. The monoisotopic (exact) mass is 339 g/mol. The molecule has 118 valence electrons. The van der Waals surface area contributed by atoms with Gasteiger partial charge in [0.05, 0.1) is 6.61 Å². The minimum absolute atomic E-state index is 0.265. The molecule has 0 aromatic rings. The van der Waals surface area contributed by atoms with Crippen molar-refractivity contribution in [1.82, 2.24) is 4.90 Å². The van der Waals surface area contributed by atoms with E-state index in [1.165, 1.54) is 0 Å². The van der Waals surface area contributed by atoms with Crippen LogP contribution in [0, 0.1) is 0 Å². The van der Waals surface area contributed by atoms with Crippen LogP contribution < -0.4 is 0 Å². The highest BCUT2D eigenvalue weighted by atomic mass is 32.5. The molecule has 0 spiro atoms. The van der Waals surface area contributed by atoms with Crippen LogP contribution >= 0.6 is 14.5 Å². The summed E-state index contributed by atoms with van der Waals surface area (Å²) < 4.78 is 13.6. The van der Waals surface area contributed by atoms with E-state index in [1.807, 2.05) is 0 Å². The molecule has 0 aliphatic heterocycles. The Bertz CT molecular complexity index is 311. The van der Waals surface area contributed by atoms with Crippen LogP contribution in [0.3, 0.4) is 0 Å². The van der Waals surface area contributed by atoms with Crippen LogP contribution in [0.2, 0.25) is 0 Å². The molecule has 0 amide bonds. The van der Waals surface area contributed by atoms with Gasteiger partial charge >= 0.3 is 14.5 Å². The molecule has 0 aromatic carbocycles. The molecular formula is C8H23NO7P2S. The van der Waals surface area contributed by atoms with E-state index < -0.39 is 14.5 Å². The fraction of sp³-hybridized carbons (Fsp3) is 1.00. The van der Waals surface area contributed by atoms with Crippen LogP contribution in [0.5, 0.6) is 0 Å². The second-order valence-corrected chi connectivity index (χ2v) is 7.96. The molecule has 0 aromatic heterocycles. The van der Waals surface area contributed by atoms with Gasteiger partial charge in [0.25, 0.3) is 0 Å². The molecule has 19 heavy (non-hydrogen) atoms. The molecule has 0 unspecified atom stereocenters. The number of hydrogen-bond acceptors (Lipinski definition) is 4. The third-order valence-electron chi connectivity index (χ3n) is 1.94. The molecule has 0 radical (unpaired) electrons. The summed E-state index contributed by atoms with van der Waals surface area (Å²) in [6.07, 6.45) is 0. The Hall–Kier alpha value is 0.600. The van der Waals surface area contributed by atoms with Crippen LogP contribution in [0.4, 0.5) is 0 Å². The Labute approximate surface area is 118 Å². The van der Waals surface area contributed by atoms with Gasteiger partial charge in [-0.15, -0.1) is 0 Å². The van der Waals surface area contributed by atoms with Gasteiger partial charge in [0.2, 0.25) is 0 Å². The average molecular weight is 339 g/mol. The van der Waals surface area contributed by atoms with E-state index in [9.17, 15) is 0 Å². The van der Waals surface area contributed by atoms with Crippen LogP contribution in [-0.4, -0.2) is 54.6 Å². The molecule has 0 aliphatic carbocycles. The van der Waals surface area contributed by atoms with Crippen LogP contribution in [-0.2, 0) is 20.9 Å². The number of nitrogens with zero attached hydrogens (tertiary/aromatic N) is 1. The standard InChI is InChI=1S/C8H20NO3PS.H3O4P/c1-7(2)9(8(3)4)5-6-12-13(10,11)14;1-5(2,3)4/h7-8H,5-6H2,1-4H3,(H2,10,11,14);(H3,1,2,3,4). The van der Waals surface area contributed by atoms with Crippen LogP contribution in [0.15, 0.2) is 0 Å². The smallest absolute Gasteiger partial charge is 0.325 e. The average Bonchev–Trinajstić information content (AvgIpc) is 2.06. The van der Waals surface area contributed by atoms with Crippen molar-refractivity contribution in [2.45, 2.75) is 39.8 Å². The number of phosphoric acid groups is 1. The molecule has 5 N–H and O–H groups in total. The summed E-state index contributed by atoms with van der Waals surface area (Å²) >= 11 is 4.35. The first-order chi connectivity index (χ1) is 8.24. The molecule has 0 saturated heterocycles.